The Labute approximate surface area is 195 Å². The Kier molecular flexibility index (Phi) is 5.46. The third-order valence-corrected chi connectivity index (χ3v) is 7.32. The van der Waals surface area contributed by atoms with Crippen LogP contribution in [0.4, 0.5) is 20.6 Å². The van der Waals surface area contributed by atoms with Crippen LogP contribution in [-0.2, 0) is 16.2 Å². The molecule has 6 nitrogen and oxygen atoms in total. The molecule has 8 heteroatoms. The lowest BCUT2D eigenvalue weighted by Gasteiger charge is -2.33. The van der Waals surface area contributed by atoms with Crippen LogP contribution in [0.3, 0.4) is 0 Å². The van der Waals surface area contributed by atoms with Crippen LogP contribution in [-0.4, -0.2) is 36.2 Å². The fourth-order valence-electron chi connectivity index (χ4n) is 4.43. The van der Waals surface area contributed by atoms with Gasteiger partial charge >= 0.3 is 6.03 Å². The molecule has 0 unspecified atom stereocenters. The van der Waals surface area contributed by atoms with Crippen molar-refractivity contribution in [2.45, 2.75) is 11.4 Å². The van der Waals surface area contributed by atoms with Gasteiger partial charge in [-0.3, -0.25) is 9.69 Å². The second-order valence-electron chi connectivity index (χ2n) is 7.84. The summed E-state index contributed by atoms with van der Waals surface area (Å²) >= 11 is 1.45. The van der Waals surface area contributed by atoms with E-state index >= 15 is 0 Å². The number of methoxy groups -OCH3 is 1. The minimum absolute atomic E-state index is 0.198. The third-order valence-electron chi connectivity index (χ3n) is 5.90. The first-order chi connectivity index (χ1) is 16.0. The van der Waals surface area contributed by atoms with E-state index in [4.69, 9.17) is 4.74 Å². The van der Waals surface area contributed by atoms with Crippen molar-refractivity contribution in [2.24, 2.45) is 0 Å². The lowest BCUT2D eigenvalue weighted by Crippen LogP contribution is -2.51. The fourth-order valence-corrected chi connectivity index (χ4v) is 5.90. The smallest absolute Gasteiger partial charge is 0.323 e. The number of nitrogens with zero attached hydrogens (tertiary/aromatic N) is 2. The molecule has 168 valence electrons. The summed E-state index contributed by atoms with van der Waals surface area (Å²) in [7, 11) is 1.56. The molecule has 3 amide bonds. The van der Waals surface area contributed by atoms with Gasteiger partial charge < -0.3 is 15.0 Å². The number of para-hydroxylation sites is 1. The second-order valence-corrected chi connectivity index (χ2v) is 9.13. The second kappa shape index (κ2) is 8.44. The van der Waals surface area contributed by atoms with Gasteiger partial charge in [-0.05, 0) is 35.9 Å². The first-order valence-electron chi connectivity index (χ1n) is 10.6. The lowest BCUT2D eigenvalue weighted by atomic mass is 10.1. The molecule has 0 aromatic heterocycles. The molecule has 1 atom stereocenters. The van der Waals surface area contributed by atoms with E-state index in [0.29, 0.717) is 29.3 Å². The van der Waals surface area contributed by atoms with Crippen LogP contribution in [0.5, 0.6) is 5.75 Å². The van der Waals surface area contributed by atoms with Crippen molar-refractivity contribution in [1.82, 2.24) is 4.90 Å². The van der Waals surface area contributed by atoms with Gasteiger partial charge in [0.1, 0.15) is 11.6 Å². The Morgan fingerprint density at radius 3 is 2.76 bits per heavy atom. The van der Waals surface area contributed by atoms with Gasteiger partial charge in [0, 0.05) is 29.6 Å². The first-order valence-corrected chi connectivity index (χ1v) is 11.5. The Morgan fingerprint density at radius 2 is 1.94 bits per heavy atom. The first kappa shape index (κ1) is 21.3. The lowest BCUT2D eigenvalue weighted by molar-refractivity contribution is -0.123. The standard InChI is InChI=1S/C25H22FN3O3S/c1-32-20-9-5-8-19(15-20)27-24(31)29-12-13-33-25(29)21-10-2-3-11-22(21)28(23(25)30)16-17-6-4-7-18(26)14-17/h2-11,14-15H,12-13,16H2,1H3,(H,27,31)/t25-/m1/s1. The molecule has 3 aromatic carbocycles. The van der Waals surface area contributed by atoms with Crippen LogP contribution >= 0.6 is 11.8 Å². The number of amides is 3. The zero-order chi connectivity index (χ0) is 23.0. The Hall–Kier alpha value is -3.52. The summed E-state index contributed by atoms with van der Waals surface area (Å²) in [6.07, 6.45) is 0. The van der Waals surface area contributed by atoms with E-state index in [2.05, 4.69) is 5.32 Å². The fraction of sp³-hybridized carbons (Fsp3) is 0.200. The highest BCUT2D eigenvalue weighted by molar-refractivity contribution is 8.01. The number of anilines is 2. The monoisotopic (exact) mass is 463 g/mol. The van der Waals surface area contributed by atoms with Crippen LogP contribution in [0.25, 0.3) is 0 Å². The minimum Gasteiger partial charge on any atom is -0.497 e. The normalized spacial score (nSPS) is 19.2. The molecule has 0 saturated carbocycles. The number of halogens is 1. The molecule has 1 fully saturated rings. The van der Waals surface area contributed by atoms with E-state index in [1.165, 1.54) is 23.9 Å². The molecule has 33 heavy (non-hydrogen) atoms. The SMILES string of the molecule is COc1cccc(NC(=O)N2CCS[C@]23C(=O)N(Cc2cccc(F)c2)c2ccccc23)c1. The van der Waals surface area contributed by atoms with E-state index in [9.17, 15) is 14.0 Å². The maximum absolute atomic E-state index is 13.9. The largest absolute Gasteiger partial charge is 0.497 e. The number of nitrogens with one attached hydrogen (secondary N) is 1. The third kappa shape index (κ3) is 3.60. The summed E-state index contributed by atoms with van der Waals surface area (Å²) in [6, 6.07) is 20.5. The van der Waals surface area contributed by atoms with E-state index in [1.54, 1.807) is 53.3 Å². The number of urea groups is 1. The molecular weight excluding hydrogens is 441 g/mol. The van der Waals surface area contributed by atoms with Crippen LogP contribution < -0.4 is 15.0 Å². The number of rotatable bonds is 4. The number of hydrogen-bond acceptors (Lipinski definition) is 4. The van der Waals surface area contributed by atoms with Gasteiger partial charge in [0.05, 0.1) is 19.3 Å². The average molecular weight is 464 g/mol. The van der Waals surface area contributed by atoms with Crippen molar-refractivity contribution < 1.29 is 18.7 Å². The number of carbonyl (C=O) groups excluding carboxylic acids is 2. The van der Waals surface area contributed by atoms with Crippen LogP contribution in [0.1, 0.15) is 11.1 Å². The minimum atomic E-state index is -1.16. The molecule has 2 aliphatic heterocycles. The predicted octanol–water partition coefficient (Wildman–Crippen LogP) is 4.81. The van der Waals surface area contributed by atoms with Gasteiger partial charge in [0.2, 0.25) is 0 Å². The number of carbonyl (C=O) groups is 2. The molecule has 1 saturated heterocycles. The van der Waals surface area contributed by atoms with Crippen LogP contribution in [0, 0.1) is 5.82 Å². The molecule has 0 radical (unpaired) electrons. The number of ether oxygens (including phenoxy) is 1. The van der Waals surface area contributed by atoms with Crippen molar-refractivity contribution in [3.8, 4) is 5.75 Å². The highest BCUT2D eigenvalue weighted by atomic mass is 32.2. The number of fused-ring (bicyclic) bond motifs is 2. The number of hydrogen-bond donors (Lipinski definition) is 1. The van der Waals surface area contributed by atoms with Crippen molar-refractivity contribution >= 4 is 35.1 Å². The van der Waals surface area contributed by atoms with Crippen molar-refractivity contribution in [2.75, 3.05) is 29.6 Å². The number of benzene rings is 3. The summed E-state index contributed by atoms with van der Waals surface area (Å²) in [6.45, 7) is 0.648. The molecule has 5 rings (SSSR count). The molecule has 2 heterocycles. The molecule has 2 aliphatic rings. The zero-order valence-corrected chi connectivity index (χ0v) is 18.8. The highest BCUT2D eigenvalue weighted by Gasteiger charge is 2.59. The van der Waals surface area contributed by atoms with Gasteiger partial charge in [0.25, 0.3) is 5.91 Å². The predicted molar refractivity (Wildman–Crippen MR) is 127 cm³/mol. The topological polar surface area (TPSA) is 61.9 Å². The zero-order valence-electron chi connectivity index (χ0n) is 18.0. The molecule has 1 spiro atoms. The summed E-state index contributed by atoms with van der Waals surface area (Å²) in [5.41, 5.74) is 2.78. The van der Waals surface area contributed by atoms with Crippen molar-refractivity contribution in [3.63, 3.8) is 0 Å². The van der Waals surface area contributed by atoms with Crippen molar-refractivity contribution in [1.29, 1.82) is 0 Å². The van der Waals surface area contributed by atoms with Gasteiger partial charge in [0.15, 0.2) is 4.87 Å². The van der Waals surface area contributed by atoms with E-state index < -0.39 is 4.87 Å². The van der Waals surface area contributed by atoms with E-state index in [-0.39, 0.29) is 24.3 Å². The van der Waals surface area contributed by atoms with Gasteiger partial charge in [-0.25, -0.2) is 9.18 Å². The van der Waals surface area contributed by atoms with Gasteiger partial charge in [-0.2, -0.15) is 0 Å². The Morgan fingerprint density at radius 1 is 1.12 bits per heavy atom. The summed E-state index contributed by atoms with van der Waals surface area (Å²) in [5, 5.41) is 2.91. The van der Waals surface area contributed by atoms with Crippen molar-refractivity contribution in [3.05, 3.63) is 89.7 Å². The Balaban J connectivity index is 1.49. The van der Waals surface area contributed by atoms with Crippen LogP contribution in [0.2, 0.25) is 0 Å². The molecule has 0 bridgehead atoms. The average Bonchev–Trinajstić information content (AvgIpc) is 3.37. The summed E-state index contributed by atoms with van der Waals surface area (Å²) < 4.78 is 19.0. The Bertz CT molecular complexity index is 1240. The molecule has 1 N–H and O–H groups in total. The van der Waals surface area contributed by atoms with Crippen LogP contribution in [0.15, 0.2) is 72.8 Å². The maximum atomic E-state index is 13.9. The van der Waals surface area contributed by atoms with Gasteiger partial charge in [-0.15, -0.1) is 11.8 Å². The quantitative estimate of drug-likeness (QED) is 0.603. The molecular formula is C25H22FN3O3S. The van der Waals surface area contributed by atoms with E-state index in [1.807, 2.05) is 24.3 Å². The highest BCUT2D eigenvalue weighted by Crippen LogP contribution is 2.54. The molecule has 0 aliphatic carbocycles. The maximum Gasteiger partial charge on any atom is 0.323 e. The van der Waals surface area contributed by atoms with Gasteiger partial charge in [-0.1, -0.05) is 36.4 Å². The van der Waals surface area contributed by atoms with E-state index in [0.717, 1.165) is 11.3 Å². The summed E-state index contributed by atoms with van der Waals surface area (Å²) in [5.74, 6) is 0.703. The summed E-state index contributed by atoms with van der Waals surface area (Å²) in [4.78, 5) is 29.4. The molecule has 3 aromatic rings. The number of thioether (sulfide) groups is 1.